The van der Waals surface area contributed by atoms with E-state index in [1.165, 1.54) is 6.42 Å². The van der Waals surface area contributed by atoms with Crippen molar-refractivity contribution in [2.45, 2.75) is 19.3 Å². The Morgan fingerprint density at radius 1 is 0.800 bits per heavy atom. The summed E-state index contributed by atoms with van der Waals surface area (Å²) in [5, 5.41) is 28.5. The van der Waals surface area contributed by atoms with Crippen LogP contribution in [0, 0.1) is 34.0 Å². The van der Waals surface area contributed by atoms with Gasteiger partial charge in [-0.05, 0) is 19.3 Å². The van der Waals surface area contributed by atoms with Crippen LogP contribution < -0.4 is 10.4 Å². The van der Waals surface area contributed by atoms with Crippen LogP contribution >= 0.6 is 0 Å². The topological polar surface area (TPSA) is 74.6 Å². The zero-order valence-electron chi connectivity index (χ0n) is 11.1. The van der Waals surface area contributed by atoms with Crippen LogP contribution in [0.3, 0.4) is 0 Å². The summed E-state index contributed by atoms with van der Waals surface area (Å²) in [7, 11) is 0. The molecule has 20 heavy (non-hydrogen) atoms. The largest absolute Gasteiger partial charge is 0.363 e. The zero-order chi connectivity index (χ0) is 14.4. The summed E-state index contributed by atoms with van der Waals surface area (Å²) in [6.07, 6.45) is 3.45. The predicted molar refractivity (Wildman–Crippen MR) is 74.8 cm³/mol. The molecule has 1 aliphatic heterocycles. The molecular weight excluding hydrogens is 248 g/mol. The van der Waals surface area contributed by atoms with Gasteiger partial charge >= 0.3 is 0 Å². The minimum atomic E-state index is 0.0908. The lowest BCUT2D eigenvalue weighted by atomic mass is 10.1. The lowest BCUT2D eigenvalue weighted by Crippen LogP contribution is -2.31. The second-order valence-corrected chi connectivity index (χ2v) is 4.68. The van der Waals surface area contributed by atoms with Gasteiger partial charge in [-0.15, -0.1) is 0 Å². The molecule has 1 heterocycles. The van der Waals surface area contributed by atoms with Crippen LogP contribution in [-0.2, 0) is 0 Å². The SMILES string of the molecule is N#CC(C#N)=c1ccc(=C(C#N)N2CCCCC2)cc1. The molecular formula is C16H14N4. The number of benzene rings is 1. The maximum absolute atomic E-state index is 9.36. The lowest BCUT2D eigenvalue weighted by Gasteiger charge is -2.27. The van der Waals surface area contributed by atoms with E-state index in [0.717, 1.165) is 31.1 Å². The fourth-order valence-electron chi connectivity index (χ4n) is 2.38. The van der Waals surface area contributed by atoms with Crippen LogP contribution in [0.4, 0.5) is 0 Å². The van der Waals surface area contributed by atoms with Gasteiger partial charge in [0.15, 0.2) is 0 Å². The number of hydrogen-bond acceptors (Lipinski definition) is 4. The van der Waals surface area contributed by atoms with Gasteiger partial charge in [0.2, 0.25) is 0 Å². The number of nitrogens with zero attached hydrogens (tertiary/aromatic N) is 4. The molecule has 1 aromatic carbocycles. The number of piperidine rings is 1. The Kier molecular flexibility index (Phi) is 4.38. The Morgan fingerprint density at radius 2 is 1.35 bits per heavy atom. The van der Waals surface area contributed by atoms with E-state index < -0.39 is 0 Å². The van der Waals surface area contributed by atoms with E-state index in [1.807, 2.05) is 12.1 Å². The van der Waals surface area contributed by atoms with E-state index in [4.69, 9.17) is 10.5 Å². The van der Waals surface area contributed by atoms with Gasteiger partial charge in [0, 0.05) is 23.5 Å². The van der Waals surface area contributed by atoms with E-state index in [0.29, 0.717) is 10.9 Å². The van der Waals surface area contributed by atoms with Crippen molar-refractivity contribution in [2.75, 3.05) is 13.1 Å². The summed E-state index contributed by atoms with van der Waals surface area (Å²) in [5.74, 6) is 0. The van der Waals surface area contributed by atoms with Gasteiger partial charge in [-0.25, -0.2) is 0 Å². The molecule has 0 aromatic heterocycles. The van der Waals surface area contributed by atoms with Crippen LogP contribution in [0.15, 0.2) is 24.3 Å². The summed E-state index contributed by atoms with van der Waals surface area (Å²) < 4.78 is 0. The average Bonchev–Trinajstić information content (AvgIpc) is 2.52. The van der Waals surface area contributed by atoms with E-state index in [9.17, 15) is 5.26 Å². The molecule has 98 valence electrons. The molecule has 4 nitrogen and oxygen atoms in total. The van der Waals surface area contributed by atoms with Gasteiger partial charge in [-0.2, -0.15) is 15.8 Å². The fourth-order valence-corrected chi connectivity index (χ4v) is 2.38. The molecule has 0 amide bonds. The summed E-state index contributed by atoms with van der Waals surface area (Å²) in [5.41, 5.74) is 0.764. The molecule has 0 atom stereocenters. The molecule has 1 fully saturated rings. The zero-order valence-corrected chi connectivity index (χ0v) is 11.1. The van der Waals surface area contributed by atoms with E-state index in [1.54, 1.807) is 24.3 Å². The Labute approximate surface area is 118 Å². The molecule has 0 radical (unpaired) electrons. The Morgan fingerprint density at radius 3 is 1.85 bits per heavy atom. The predicted octanol–water partition coefficient (Wildman–Crippen LogP) is 1.00. The summed E-state index contributed by atoms with van der Waals surface area (Å²) in [6, 6.07) is 13.1. The van der Waals surface area contributed by atoms with Gasteiger partial charge in [0.1, 0.15) is 29.5 Å². The highest BCUT2D eigenvalue weighted by Gasteiger charge is 2.13. The summed E-state index contributed by atoms with van der Waals surface area (Å²) >= 11 is 0. The fraction of sp³-hybridized carbons (Fsp3) is 0.312. The molecule has 0 aliphatic carbocycles. The highest BCUT2D eigenvalue weighted by atomic mass is 15.1. The second-order valence-electron chi connectivity index (χ2n) is 4.68. The van der Waals surface area contributed by atoms with Gasteiger partial charge in [-0.3, -0.25) is 0 Å². The van der Waals surface area contributed by atoms with Crippen LogP contribution in [0.2, 0.25) is 0 Å². The Hall–Kier alpha value is -2.77. The van der Waals surface area contributed by atoms with Gasteiger partial charge < -0.3 is 4.90 Å². The first-order chi connectivity index (χ1) is 9.80. The van der Waals surface area contributed by atoms with Crippen molar-refractivity contribution in [3.05, 3.63) is 34.7 Å². The number of likely N-dealkylation sites (tertiary alicyclic amines) is 1. The van der Waals surface area contributed by atoms with Crippen molar-refractivity contribution < 1.29 is 0 Å². The highest BCUT2D eigenvalue weighted by molar-refractivity contribution is 5.72. The molecule has 0 bridgehead atoms. The van der Waals surface area contributed by atoms with Crippen LogP contribution in [0.25, 0.3) is 11.3 Å². The van der Waals surface area contributed by atoms with Crippen molar-refractivity contribution in [3.63, 3.8) is 0 Å². The maximum Gasteiger partial charge on any atom is 0.136 e. The molecule has 0 unspecified atom stereocenters. The quantitative estimate of drug-likeness (QED) is 0.756. The van der Waals surface area contributed by atoms with Gasteiger partial charge in [-0.1, -0.05) is 24.3 Å². The molecule has 1 aliphatic rings. The number of rotatable bonds is 1. The minimum absolute atomic E-state index is 0.0908. The van der Waals surface area contributed by atoms with E-state index >= 15 is 0 Å². The van der Waals surface area contributed by atoms with Crippen LogP contribution in [0.1, 0.15) is 19.3 Å². The summed E-state index contributed by atoms with van der Waals surface area (Å²) in [6.45, 7) is 1.83. The van der Waals surface area contributed by atoms with E-state index in [-0.39, 0.29) is 5.57 Å². The highest BCUT2D eigenvalue weighted by Crippen LogP contribution is 2.13. The first kappa shape index (κ1) is 13.7. The van der Waals surface area contributed by atoms with Gasteiger partial charge in [0.05, 0.1) is 0 Å². The Bertz CT molecular complexity index is 695. The third-order valence-corrected chi connectivity index (χ3v) is 3.45. The summed E-state index contributed by atoms with van der Waals surface area (Å²) in [4.78, 5) is 2.11. The molecule has 0 saturated carbocycles. The van der Waals surface area contributed by atoms with Crippen molar-refractivity contribution in [3.8, 4) is 18.2 Å². The first-order valence-corrected chi connectivity index (χ1v) is 6.60. The minimum Gasteiger partial charge on any atom is -0.363 e. The third-order valence-electron chi connectivity index (χ3n) is 3.45. The van der Waals surface area contributed by atoms with Crippen LogP contribution in [0.5, 0.6) is 0 Å². The molecule has 4 heteroatoms. The monoisotopic (exact) mass is 262 g/mol. The van der Waals surface area contributed by atoms with Gasteiger partial charge in [0.25, 0.3) is 0 Å². The van der Waals surface area contributed by atoms with Crippen molar-refractivity contribution in [1.29, 1.82) is 15.8 Å². The average molecular weight is 262 g/mol. The number of hydrogen-bond donors (Lipinski definition) is 0. The Balaban J connectivity index is 2.49. The normalized spacial score (nSPS) is 13.8. The first-order valence-electron chi connectivity index (χ1n) is 6.60. The van der Waals surface area contributed by atoms with Crippen molar-refractivity contribution >= 4 is 11.3 Å². The maximum atomic E-state index is 9.36. The molecule has 0 N–H and O–H groups in total. The lowest BCUT2D eigenvalue weighted by molar-refractivity contribution is 0.327. The van der Waals surface area contributed by atoms with E-state index in [2.05, 4.69) is 11.0 Å². The van der Waals surface area contributed by atoms with Crippen LogP contribution in [-0.4, -0.2) is 18.0 Å². The molecule has 2 rings (SSSR count). The van der Waals surface area contributed by atoms with Crippen molar-refractivity contribution in [1.82, 2.24) is 4.90 Å². The molecule has 1 saturated heterocycles. The second kappa shape index (κ2) is 6.41. The third kappa shape index (κ3) is 2.79. The van der Waals surface area contributed by atoms with Crippen molar-refractivity contribution in [2.24, 2.45) is 0 Å². The number of nitriles is 3. The standard InChI is InChI=1S/C16H14N4/c17-10-15(11-18)13-4-6-14(7-5-13)16(12-19)20-8-2-1-3-9-20/h4-7H,1-3,8-9H2. The molecule has 0 spiro atoms. The molecule has 1 aromatic rings. The smallest absolute Gasteiger partial charge is 0.136 e.